The molecule has 0 aromatic heterocycles. The first kappa shape index (κ1) is 16.8. The molecular formula is C20H23NO3. The zero-order valence-electron chi connectivity index (χ0n) is 13.9. The number of hydrogen-bond donors (Lipinski definition) is 0. The van der Waals surface area contributed by atoms with Gasteiger partial charge in [-0.2, -0.15) is 5.06 Å². The van der Waals surface area contributed by atoms with Gasteiger partial charge in [0, 0.05) is 13.0 Å². The van der Waals surface area contributed by atoms with E-state index in [-0.39, 0.29) is 18.2 Å². The van der Waals surface area contributed by atoms with Crippen LogP contribution >= 0.6 is 0 Å². The summed E-state index contributed by atoms with van der Waals surface area (Å²) in [5, 5.41) is 1.89. The average molecular weight is 325 g/mol. The lowest BCUT2D eigenvalue weighted by Gasteiger charge is -2.24. The van der Waals surface area contributed by atoms with Crippen LogP contribution in [-0.2, 0) is 27.5 Å². The van der Waals surface area contributed by atoms with Gasteiger partial charge in [-0.05, 0) is 18.1 Å². The minimum atomic E-state index is -0.126. The summed E-state index contributed by atoms with van der Waals surface area (Å²) in [6.07, 6.45) is 1.14. The van der Waals surface area contributed by atoms with E-state index in [1.54, 1.807) is 0 Å². The Bertz CT molecular complexity index is 632. The molecule has 0 radical (unpaired) electrons. The van der Waals surface area contributed by atoms with Gasteiger partial charge in [-0.3, -0.25) is 4.84 Å². The molecule has 1 saturated heterocycles. The molecule has 0 bridgehead atoms. The Labute approximate surface area is 143 Å². The van der Waals surface area contributed by atoms with E-state index in [0.717, 1.165) is 17.4 Å². The normalized spacial score (nSPS) is 24.1. The van der Waals surface area contributed by atoms with Gasteiger partial charge in [-0.25, -0.2) is 0 Å². The van der Waals surface area contributed by atoms with Gasteiger partial charge in [0.25, 0.3) is 0 Å². The topological polar surface area (TPSA) is 38.8 Å². The van der Waals surface area contributed by atoms with Crippen molar-refractivity contribution in [3.8, 4) is 0 Å². The van der Waals surface area contributed by atoms with Crippen molar-refractivity contribution in [3.05, 3.63) is 71.8 Å². The second-order valence-electron chi connectivity index (χ2n) is 6.10. The number of ether oxygens (including phenoxy) is 1. The van der Waals surface area contributed by atoms with Gasteiger partial charge in [0.05, 0.1) is 12.6 Å². The van der Waals surface area contributed by atoms with Gasteiger partial charge < -0.3 is 9.53 Å². The van der Waals surface area contributed by atoms with E-state index in [9.17, 15) is 4.79 Å². The Morgan fingerprint density at radius 3 is 2.29 bits per heavy atom. The highest BCUT2D eigenvalue weighted by Crippen LogP contribution is 2.28. The van der Waals surface area contributed by atoms with Crippen LogP contribution in [0.1, 0.15) is 24.5 Å². The maximum Gasteiger partial charge on any atom is 0.121 e. The molecule has 24 heavy (non-hydrogen) atoms. The predicted octanol–water partition coefficient (Wildman–Crippen LogP) is 3.37. The largest absolute Gasteiger partial charge is 0.369 e. The van der Waals surface area contributed by atoms with Crippen LogP contribution in [0.25, 0.3) is 0 Å². The smallest absolute Gasteiger partial charge is 0.121 e. The van der Waals surface area contributed by atoms with Crippen LogP contribution in [0.2, 0.25) is 0 Å². The lowest BCUT2D eigenvalue weighted by molar-refractivity contribution is -0.167. The Hall–Kier alpha value is -2.01. The maximum atomic E-state index is 11.1. The fourth-order valence-electron chi connectivity index (χ4n) is 3.11. The van der Waals surface area contributed by atoms with Crippen LogP contribution in [0.3, 0.4) is 0 Å². The molecule has 0 unspecified atom stereocenters. The molecule has 1 heterocycles. The summed E-state index contributed by atoms with van der Waals surface area (Å²) in [5.41, 5.74) is 2.28. The third kappa shape index (κ3) is 4.09. The summed E-state index contributed by atoms with van der Waals surface area (Å²) in [6, 6.07) is 20.1. The van der Waals surface area contributed by atoms with Crippen molar-refractivity contribution in [1.29, 1.82) is 0 Å². The van der Waals surface area contributed by atoms with Crippen LogP contribution in [0.4, 0.5) is 0 Å². The highest BCUT2D eigenvalue weighted by Gasteiger charge is 2.41. The molecule has 0 aliphatic carbocycles. The first-order valence-corrected chi connectivity index (χ1v) is 8.34. The SMILES string of the molecule is C[C@@H]1ON(Cc2ccccc2)[C@@H](CC=O)[C@H]1OCc1ccccc1. The second-order valence-corrected chi connectivity index (χ2v) is 6.10. The Morgan fingerprint density at radius 1 is 1.04 bits per heavy atom. The van der Waals surface area contributed by atoms with E-state index < -0.39 is 0 Å². The highest BCUT2D eigenvalue weighted by atomic mass is 16.7. The summed E-state index contributed by atoms with van der Waals surface area (Å²) < 4.78 is 6.11. The summed E-state index contributed by atoms with van der Waals surface area (Å²) in [6.45, 7) is 3.17. The maximum absolute atomic E-state index is 11.1. The molecule has 0 amide bonds. The number of aldehydes is 1. The number of hydrogen-bond acceptors (Lipinski definition) is 4. The molecule has 2 aromatic carbocycles. The third-order valence-electron chi connectivity index (χ3n) is 4.32. The molecular weight excluding hydrogens is 302 g/mol. The summed E-state index contributed by atoms with van der Waals surface area (Å²) in [5.74, 6) is 0. The number of carbonyl (C=O) groups excluding carboxylic acids is 1. The Balaban J connectivity index is 1.67. The van der Waals surface area contributed by atoms with E-state index in [1.807, 2.05) is 60.5 Å². The van der Waals surface area contributed by atoms with Crippen molar-refractivity contribution in [3.63, 3.8) is 0 Å². The standard InChI is InChI=1S/C20H23NO3/c1-16-20(23-15-18-10-6-3-7-11-18)19(12-13-22)21(24-16)14-17-8-4-2-5-9-17/h2-11,13,16,19-20H,12,14-15H2,1H3/t16-,19-,20-/m0/s1. The van der Waals surface area contributed by atoms with E-state index >= 15 is 0 Å². The monoisotopic (exact) mass is 325 g/mol. The molecule has 3 atom stereocenters. The third-order valence-corrected chi connectivity index (χ3v) is 4.32. The van der Waals surface area contributed by atoms with E-state index in [2.05, 4.69) is 12.1 Å². The molecule has 4 nitrogen and oxygen atoms in total. The molecule has 3 rings (SSSR count). The zero-order valence-corrected chi connectivity index (χ0v) is 13.9. The van der Waals surface area contributed by atoms with E-state index in [0.29, 0.717) is 19.6 Å². The quantitative estimate of drug-likeness (QED) is 0.732. The fraction of sp³-hybridized carbons (Fsp3) is 0.350. The van der Waals surface area contributed by atoms with Gasteiger partial charge in [-0.1, -0.05) is 60.7 Å². The van der Waals surface area contributed by atoms with Crippen LogP contribution in [0.15, 0.2) is 60.7 Å². The Kier molecular flexibility index (Phi) is 5.75. The lowest BCUT2D eigenvalue weighted by Crippen LogP contribution is -2.37. The fourth-order valence-corrected chi connectivity index (χ4v) is 3.11. The zero-order chi connectivity index (χ0) is 16.8. The number of carbonyl (C=O) groups is 1. The van der Waals surface area contributed by atoms with Gasteiger partial charge in [0.1, 0.15) is 18.5 Å². The van der Waals surface area contributed by atoms with Gasteiger partial charge in [-0.15, -0.1) is 0 Å². The molecule has 0 spiro atoms. The minimum absolute atomic E-state index is 0.0681. The highest BCUT2D eigenvalue weighted by molar-refractivity contribution is 5.50. The molecule has 1 aliphatic heterocycles. The summed E-state index contributed by atoms with van der Waals surface area (Å²) >= 11 is 0. The first-order valence-electron chi connectivity index (χ1n) is 8.34. The van der Waals surface area contributed by atoms with Crippen molar-refractivity contribution in [2.24, 2.45) is 0 Å². The minimum Gasteiger partial charge on any atom is -0.369 e. The average Bonchev–Trinajstić information content (AvgIpc) is 2.90. The summed E-state index contributed by atoms with van der Waals surface area (Å²) in [4.78, 5) is 17.1. The number of rotatable bonds is 7. The molecule has 2 aromatic rings. The lowest BCUT2D eigenvalue weighted by atomic mass is 10.0. The van der Waals surface area contributed by atoms with Gasteiger partial charge in [0.15, 0.2) is 0 Å². The van der Waals surface area contributed by atoms with E-state index in [4.69, 9.17) is 9.57 Å². The van der Waals surface area contributed by atoms with Crippen molar-refractivity contribution in [2.45, 2.75) is 44.7 Å². The molecule has 0 saturated carbocycles. The number of nitrogens with zero attached hydrogens (tertiary/aromatic N) is 1. The number of benzene rings is 2. The van der Waals surface area contributed by atoms with Crippen molar-refractivity contribution in [1.82, 2.24) is 5.06 Å². The Morgan fingerprint density at radius 2 is 1.67 bits per heavy atom. The molecule has 4 heteroatoms. The number of hydroxylamine groups is 2. The van der Waals surface area contributed by atoms with Crippen molar-refractivity contribution in [2.75, 3.05) is 0 Å². The predicted molar refractivity (Wildman–Crippen MR) is 92.0 cm³/mol. The first-order chi connectivity index (χ1) is 11.8. The molecule has 126 valence electrons. The summed E-state index contributed by atoms with van der Waals surface area (Å²) in [7, 11) is 0. The van der Waals surface area contributed by atoms with Crippen LogP contribution in [0.5, 0.6) is 0 Å². The van der Waals surface area contributed by atoms with Gasteiger partial charge in [0.2, 0.25) is 0 Å². The van der Waals surface area contributed by atoms with Gasteiger partial charge >= 0.3 is 0 Å². The van der Waals surface area contributed by atoms with E-state index in [1.165, 1.54) is 0 Å². The van der Waals surface area contributed by atoms with Crippen molar-refractivity contribution >= 4 is 6.29 Å². The molecule has 1 aliphatic rings. The molecule has 0 N–H and O–H groups in total. The van der Waals surface area contributed by atoms with Crippen LogP contribution < -0.4 is 0 Å². The van der Waals surface area contributed by atoms with Crippen molar-refractivity contribution < 1.29 is 14.4 Å². The molecule has 1 fully saturated rings. The second kappa shape index (κ2) is 8.20. The van der Waals surface area contributed by atoms with Crippen LogP contribution in [0, 0.1) is 0 Å². The van der Waals surface area contributed by atoms with Crippen LogP contribution in [-0.4, -0.2) is 29.6 Å².